The lowest BCUT2D eigenvalue weighted by atomic mass is 9.97. The third-order valence-corrected chi connectivity index (χ3v) is 9.99. The van der Waals surface area contributed by atoms with E-state index >= 15 is 0 Å². The van der Waals surface area contributed by atoms with E-state index in [0.29, 0.717) is 0 Å². The highest BCUT2D eigenvalue weighted by atomic mass is 14.8. The summed E-state index contributed by atoms with van der Waals surface area (Å²) in [6, 6.07) is 51.3. The van der Waals surface area contributed by atoms with Gasteiger partial charge in [0.25, 0.3) is 0 Å². The molecule has 4 nitrogen and oxygen atoms in total. The molecule has 0 aliphatic carbocycles. The van der Waals surface area contributed by atoms with Crippen LogP contribution >= 0.6 is 0 Å². The van der Waals surface area contributed by atoms with Crippen LogP contribution in [0.2, 0.25) is 0 Å². The molecule has 9 rings (SSSR count). The van der Waals surface area contributed by atoms with Crippen molar-refractivity contribution in [2.45, 2.75) is 26.2 Å². The van der Waals surface area contributed by atoms with Crippen molar-refractivity contribution in [3.05, 3.63) is 168 Å². The van der Waals surface area contributed by atoms with Gasteiger partial charge in [0, 0.05) is 44.3 Å². The number of rotatable bonds is 7. The summed E-state index contributed by atoms with van der Waals surface area (Å²) in [5.74, 6) is 0. The molecular formula is C48H38N4. The molecule has 2 aliphatic heterocycles. The molecule has 0 fully saturated rings. The average molecular weight is 671 g/mol. The first-order valence-electron chi connectivity index (χ1n) is 18.2. The van der Waals surface area contributed by atoms with Crippen LogP contribution in [0.15, 0.2) is 146 Å². The Morgan fingerprint density at radius 2 is 0.808 bits per heavy atom. The molecule has 5 heterocycles. The molecule has 0 unspecified atom stereocenters. The number of hydrogen-bond acceptors (Lipinski definition) is 2. The van der Waals surface area contributed by atoms with Gasteiger partial charge in [0.15, 0.2) is 0 Å². The van der Waals surface area contributed by atoms with Gasteiger partial charge in [-0.2, -0.15) is 0 Å². The largest absolute Gasteiger partial charge is 0.354 e. The van der Waals surface area contributed by atoms with Crippen LogP contribution in [-0.4, -0.2) is 19.9 Å². The van der Waals surface area contributed by atoms with Gasteiger partial charge in [-0.15, -0.1) is 0 Å². The minimum atomic E-state index is 0.912. The van der Waals surface area contributed by atoms with Crippen LogP contribution in [0, 0.1) is 0 Å². The maximum atomic E-state index is 5.60. The first kappa shape index (κ1) is 31.5. The summed E-state index contributed by atoms with van der Waals surface area (Å²) in [4.78, 5) is 18.7. The second-order valence-electron chi connectivity index (χ2n) is 13.4. The zero-order valence-corrected chi connectivity index (χ0v) is 29.1. The number of H-pyrrole nitrogens is 2. The van der Waals surface area contributed by atoms with Gasteiger partial charge in [0.2, 0.25) is 0 Å². The third-order valence-electron chi connectivity index (χ3n) is 9.99. The van der Waals surface area contributed by atoms with E-state index in [9.17, 15) is 0 Å². The summed E-state index contributed by atoms with van der Waals surface area (Å²) in [7, 11) is 0. The molecule has 7 aromatic rings. The van der Waals surface area contributed by atoms with Gasteiger partial charge in [-0.3, -0.25) is 0 Å². The standard InChI is InChI=1S/C48H38N4/c1-2-3-16-36-31-43-46(34-21-12-6-13-22-34)41-28-27-39(50-41)44(32-17-8-4-9-18-32)37-25-26-38(49-37)45(33-19-10-5-11-20-33)40-29-30-42(51-40)47(48(36)52-43)35-23-14-7-15-24-35/h4-15,17-31,50-51H,2-3,16H2,1H3. The van der Waals surface area contributed by atoms with Gasteiger partial charge >= 0.3 is 0 Å². The topological polar surface area (TPSA) is 57.4 Å². The zero-order valence-electron chi connectivity index (χ0n) is 29.1. The van der Waals surface area contributed by atoms with Crippen LogP contribution in [-0.2, 0) is 0 Å². The van der Waals surface area contributed by atoms with Crippen LogP contribution in [0.1, 0.15) is 49.0 Å². The molecule has 8 bridgehead atoms. The normalized spacial score (nSPS) is 12.2. The van der Waals surface area contributed by atoms with Gasteiger partial charge in [0.1, 0.15) is 0 Å². The van der Waals surface area contributed by atoms with Crippen molar-refractivity contribution >= 4 is 45.9 Å². The quantitative estimate of drug-likeness (QED) is 0.177. The predicted molar refractivity (Wildman–Crippen MR) is 219 cm³/mol. The van der Waals surface area contributed by atoms with E-state index in [2.05, 4.69) is 181 Å². The summed E-state index contributed by atoms with van der Waals surface area (Å²) in [5.41, 5.74) is 17.8. The second kappa shape index (κ2) is 13.7. The maximum Gasteiger partial charge on any atom is 0.0769 e. The van der Waals surface area contributed by atoms with E-state index in [1.807, 2.05) is 0 Å². The number of hydrogen-bond donors (Lipinski definition) is 2. The number of nitrogens with one attached hydrogen (secondary N) is 2. The van der Waals surface area contributed by atoms with Crippen LogP contribution in [0.4, 0.5) is 0 Å². The lowest BCUT2D eigenvalue weighted by Gasteiger charge is -2.09. The lowest BCUT2D eigenvalue weighted by molar-refractivity contribution is 0.825. The summed E-state index contributed by atoms with van der Waals surface area (Å²) < 4.78 is 0. The number of benzene rings is 4. The van der Waals surface area contributed by atoms with Crippen molar-refractivity contribution in [2.75, 3.05) is 0 Å². The first-order chi connectivity index (χ1) is 25.7. The Bertz CT molecular complexity index is 2630. The molecule has 52 heavy (non-hydrogen) atoms. The Morgan fingerprint density at radius 1 is 0.423 bits per heavy atom. The van der Waals surface area contributed by atoms with E-state index in [0.717, 1.165) is 109 Å². The van der Waals surface area contributed by atoms with Crippen LogP contribution in [0.5, 0.6) is 0 Å². The monoisotopic (exact) mass is 670 g/mol. The highest BCUT2D eigenvalue weighted by Crippen LogP contribution is 2.41. The molecule has 0 atom stereocenters. The molecule has 2 aliphatic rings. The second-order valence-corrected chi connectivity index (χ2v) is 13.4. The van der Waals surface area contributed by atoms with Crippen LogP contribution in [0.3, 0.4) is 0 Å². The Kier molecular flexibility index (Phi) is 8.26. The third kappa shape index (κ3) is 5.78. The summed E-state index contributed by atoms with van der Waals surface area (Å²) >= 11 is 0. The number of aromatic nitrogens is 4. The first-order valence-corrected chi connectivity index (χ1v) is 18.2. The van der Waals surface area contributed by atoms with Gasteiger partial charge < -0.3 is 9.97 Å². The molecule has 0 amide bonds. The molecular weight excluding hydrogens is 633 g/mol. The van der Waals surface area contributed by atoms with E-state index in [1.54, 1.807) is 0 Å². The number of nitrogens with zero attached hydrogens (tertiary/aromatic N) is 2. The minimum absolute atomic E-state index is 0.912. The SMILES string of the molecule is CCCCC1=Cc2nc1c(-c1ccccc1)c1ccc([nH]1)c(-c1ccccc1)c1nc(c(-c3ccccc3)c3ccc([nH]3)c2-c2ccccc2)C=C1. The summed E-state index contributed by atoms with van der Waals surface area (Å²) in [6.07, 6.45) is 9.75. The van der Waals surface area contributed by atoms with Gasteiger partial charge in [0.05, 0.1) is 22.8 Å². The molecule has 0 saturated carbocycles. The Balaban J connectivity index is 1.50. The van der Waals surface area contributed by atoms with Crippen molar-refractivity contribution in [1.29, 1.82) is 0 Å². The minimum Gasteiger partial charge on any atom is -0.354 e. The predicted octanol–water partition coefficient (Wildman–Crippen LogP) is 12.9. The number of aromatic amines is 2. The summed E-state index contributed by atoms with van der Waals surface area (Å²) in [5, 5.41) is 0. The fourth-order valence-corrected chi connectivity index (χ4v) is 7.54. The maximum absolute atomic E-state index is 5.60. The number of allylic oxidation sites excluding steroid dienone is 1. The van der Waals surface area contributed by atoms with E-state index in [1.165, 1.54) is 5.57 Å². The molecule has 0 radical (unpaired) electrons. The number of fused-ring (bicyclic) bond motifs is 8. The Labute approximate surface area is 303 Å². The zero-order chi connectivity index (χ0) is 34.9. The molecule has 2 N–H and O–H groups in total. The molecule has 3 aromatic heterocycles. The van der Waals surface area contributed by atoms with Crippen molar-refractivity contribution in [1.82, 2.24) is 19.9 Å². The fraction of sp³-hybridized carbons (Fsp3) is 0.0833. The average Bonchev–Trinajstić information content (AvgIpc) is 4.03. The van der Waals surface area contributed by atoms with Crippen molar-refractivity contribution in [3.63, 3.8) is 0 Å². The van der Waals surface area contributed by atoms with Gasteiger partial charge in [-0.05, 0) is 83.2 Å². The smallest absolute Gasteiger partial charge is 0.0769 e. The van der Waals surface area contributed by atoms with Gasteiger partial charge in [-0.25, -0.2) is 9.97 Å². The molecule has 250 valence electrons. The highest BCUT2D eigenvalue weighted by molar-refractivity contribution is 6.02. The van der Waals surface area contributed by atoms with Crippen LogP contribution in [0.25, 0.3) is 90.4 Å². The van der Waals surface area contributed by atoms with E-state index in [4.69, 9.17) is 9.97 Å². The van der Waals surface area contributed by atoms with E-state index in [-0.39, 0.29) is 0 Å². The Morgan fingerprint density at radius 3 is 1.23 bits per heavy atom. The highest BCUT2D eigenvalue weighted by Gasteiger charge is 2.22. The fourth-order valence-electron chi connectivity index (χ4n) is 7.54. The van der Waals surface area contributed by atoms with Crippen LogP contribution < -0.4 is 0 Å². The molecule has 0 spiro atoms. The molecule has 0 saturated heterocycles. The van der Waals surface area contributed by atoms with Crippen molar-refractivity contribution in [3.8, 4) is 44.5 Å². The Hall–Kier alpha value is -6.52. The van der Waals surface area contributed by atoms with Gasteiger partial charge in [-0.1, -0.05) is 135 Å². The summed E-state index contributed by atoms with van der Waals surface area (Å²) in [6.45, 7) is 2.25. The van der Waals surface area contributed by atoms with Crippen molar-refractivity contribution in [2.24, 2.45) is 0 Å². The number of unbranched alkanes of at least 4 members (excludes halogenated alkanes) is 1. The molecule has 4 aromatic carbocycles. The van der Waals surface area contributed by atoms with E-state index < -0.39 is 0 Å². The van der Waals surface area contributed by atoms with Crippen molar-refractivity contribution < 1.29 is 0 Å². The lowest BCUT2D eigenvalue weighted by Crippen LogP contribution is -1.91. The molecule has 4 heteroatoms.